The van der Waals surface area contributed by atoms with Gasteiger partial charge in [-0.25, -0.2) is 9.37 Å². The summed E-state index contributed by atoms with van der Waals surface area (Å²) in [5.74, 6) is 0.281. The molecular weight excluding hydrogens is 385 g/mol. The lowest BCUT2D eigenvalue weighted by atomic mass is 9.86. The van der Waals surface area contributed by atoms with Crippen LogP contribution >= 0.6 is 11.3 Å². The van der Waals surface area contributed by atoms with Crippen LogP contribution in [-0.4, -0.2) is 21.3 Å². The van der Waals surface area contributed by atoms with Crippen molar-refractivity contribution in [1.29, 1.82) is 0 Å². The third kappa shape index (κ3) is 3.42. The van der Waals surface area contributed by atoms with Crippen LogP contribution in [0.1, 0.15) is 43.0 Å². The number of fused-ring (bicyclic) bond motifs is 3. The second-order valence-corrected chi connectivity index (χ2v) is 8.92. The summed E-state index contributed by atoms with van der Waals surface area (Å²) in [5, 5.41) is 3.22. The number of hydrogen-bond acceptors (Lipinski definition) is 3. The van der Waals surface area contributed by atoms with E-state index in [1.165, 1.54) is 31.4 Å². The predicted octanol–water partition coefficient (Wildman–Crippen LogP) is 5.66. The molecule has 0 radical (unpaired) electrons. The van der Waals surface area contributed by atoms with Gasteiger partial charge in [0, 0.05) is 23.4 Å². The third-order valence-electron chi connectivity index (χ3n) is 5.92. The van der Waals surface area contributed by atoms with E-state index in [1.54, 1.807) is 23.5 Å². The molecule has 0 aliphatic heterocycles. The molecule has 4 nitrogen and oxygen atoms in total. The standard InChI is InChI=1S/C23H22FN3OS/c1-14-4-2-3-5-18(14)25-22(28)16-8-11-20-21(12-16)29-23-26-19(13-27(20)23)15-6-9-17(24)10-7-15/h6-14,18H,2-5H2,1H3,(H,25,28)/t14-,18-/m1/s1. The minimum atomic E-state index is -0.256. The first-order chi connectivity index (χ1) is 14.1. The van der Waals surface area contributed by atoms with Crippen molar-refractivity contribution in [3.8, 4) is 11.3 Å². The quantitative estimate of drug-likeness (QED) is 0.476. The molecule has 1 N–H and O–H groups in total. The van der Waals surface area contributed by atoms with E-state index >= 15 is 0 Å². The molecule has 1 saturated carbocycles. The molecule has 0 unspecified atom stereocenters. The highest BCUT2D eigenvalue weighted by atomic mass is 32.1. The monoisotopic (exact) mass is 407 g/mol. The number of halogens is 1. The van der Waals surface area contributed by atoms with E-state index in [-0.39, 0.29) is 17.8 Å². The molecular formula is C23H22FN3OS. The van der Waals surface area contributed by atoms with Crippen molar-refractivity contribution in [3.05, 3.63) is 60.0 Å². The van der Waals surface area contributed by atoms with E-state index in [0.29, 0.717) is 11.5 Å². The number of imidazole rings is 1. The maximum Gasteiger partial charge on any atom is 0.251 e. The van der Waals surface area contributed by atoms with Gasteiger partial charge >= 0.3 is 0 Å². The third-order valence-corrected chi connectivity index (χ3v) is 6.94. The zero-order chi connectivity index (χ0) is 20.0. The van der Waals surface area contributed by atoms with E-state index in [1.807, 2.05) is 28.8 Å². The smallest absolute Gasteiger partial charge is 0.251 e. The Kier molecular flexibility index (Phi) is 4.59. The largest absolute Gasteiger partial charge is 0.349 e. The Hall–Kier alpha value is -2.73. The molecule has 2 atom stereocenters. The molecule has 1 aliphatic rings. The van der Waals surface area contributed by atoms with Gasteiger partial charge in [-0.1, -0.05) is 31.1 Å². The van der Waals surface area contributed by atoms with Gasteiger partial charge in [-0.05, 0) is 61.2 Å². The van der Waals surface area contributed by atoms with E-state index in [2.05, 4.69) is 17.2 Å². The average molecular weight is 408 g/mol. The average Bonchev–Trinajstić information content (AvgIpc) is 3.27. The number of hydrogen-bond donors (Lipinski definition) is 1. The number of thiazole rings is 1. The van der Waals surface area contributed by atoms with Crippen LogP contribution < -0.4 is 5.32 Å². The highest BCUT2D eigenvalue weighted by molar-refractivity contribution is 7.23. The first kappa shape index (κ1) is 18.3. The van der Waals surface area contributed by atoms with Crippen LogP contribution in [0.4, 0.5) is 4.39 Å². The van der Waals surface area contributed by atoms with Crippen LogP contribution in [0, 0.1) is 11.7 Å². The lowest BCUT2D eigenvalue weighted by Crippen LogP contribution is -2.41. The highest BCUT2D eigenvalue weighted by Gasteiger charge is 2.23. The van der Waals surface area contributed by atoms with E-state index in [0.717, 1.165) is 32.9 Å². The van der Waals surface area contributed by atoms with Gasteiger partial charge in [-0.15, -0.1) is 0 Å². The van der Waals surface area contributed by atoms with Gasteiger partial charge in [0.25, 0.3) is 5.91 Å². The molecule has 148 valence electrons. The van der Waals surface area contributed by atoms with Gasteiger partial charge in [0.15, 0.2) is 4.96 Å². The zero-order valence-electron chi connectivity index (χ0n) is 16.2. The summed E-state index contributed by atoms with van der Waals surface area (Å²) < 4.78 is 16.2. The van der Waals surface area contributed by atoms with Crippen LogP contribution in [0.5, 0.6) is 0 Å². The van der Waals surface area contributed by atoms with Crippen LogP contribution in [0.25, 0.3) is 26.4 Å². The Bertz CT molecular complexity index is 1190. The second-order valence-electron chi connectivity index (χ2n) is 7.91. The molecule has 0 saturated heterocycles. The maximum absolute atomic E-state index is 13.2. The predicted molar refractivity (Wildman–Crippen MR) is 115 cm³/mol. The van der Waals surface area contributed by atoms with Crippen LogP contribution in [0.15, 0.2) is 48.7 Å². The van der Waals surface area contributed by atoms with E-state index in [9.17, 15) is 9.18 Å². The Morgan fingerprint density at radius 2 is 1.97 bits per heavy atom. The number of amides is 1. The Morgan fingerprint density at radius 3 is 2.76 bits per heavy atom. The van der Waals surface area contributed by atoms with Crippen molar-refractivity contribution in [2.75, 3.05) is 0 Å². The van der Waals surface area contributed by atoms with Gasteiger partial charge in [0.1, 0.15) is 5.82 Å². The van der Waals surface area contributed by atoms with Gasteiger partial charge in [-0.3, -0.25) is 9.20 Å². The van der Waals surface area contributed by atoms with Crippen molar-refractivity contribution >= 4 is 32.4 Å². The Morgan fingerprint density at radius 1 is 1.17 bits per heavy atom. The van der Waals surface area contributed by atoms with Crippen LogP contribution in [-0.2, 0) is 0 Å². The number of carbonyl (C=O) groups is 1. The molecule has 2 aromatic heterocycles. The lowest BCUT2D eigenvalue weighted by Gasteiger charge is -2.29. The fourth-order valence-corrected chi connectivity index (χ4v) is 5.23. The summed E-state index contributed by atoms with van der Waals surface area (Å²) in [6.45, 7) is 2.22. The number of nitrogens with one attached hydrogen (secondary N) is 1. The summed E-state index contributed by atoms with van der Waals surface area (Å²) in [5.41, 5.74) is 3.41. The Balaban J connectivity index is 1.43. The minimum Gasteiger partial charge on any atom is -0.349 e. The molecule has 1 amide bonds. The first-order valence-corrected chi connectivity index (χ1v) is 10.9. The van der Waals surface area contributed by atoms with Crippen molar-refractivity contribution < 1.29 is 9.18 Å². The van der Waals surface area contributed by atoms with Crippen molar-refractivity contribution in [2.24, 2.45) is 5.92 Å². The molecule has 0 bridgehead atoms. The minimum absolute atomic E-state index is 0.00342. The van der Waals surface area contributed by atoms with Gasteiger partial charge in [0.2, 0.25) is 0 Å². The topological polar surface area (TPSA) is 46.4 Å². The molecule has 0 spiro atoms. The number of aromatic nitrogens is 2. The summed E-state index contributed by atoms with van der Waals surface area (Å²) in [4.78, 5) is 18.3. The molecule has 29 heavy (non-hydrogen) atoms. The van der Waals surface area contributed by atoms with Crippen molar-refractivity contribution in [3.63, 3.8) is 0 Å². The van der Waals surface area contributed by atoms with Crippen LogP contribution in [0.2, 0.25) is 0 Å². The number of nitrogens with zero attached hydrogens (tertiary/aromatic N) is 2. The van der Waals surface area contributed by atoms with E-state index in [4.69, 9.17) is 0 Å². The molecule has 2 aromatic carbocycles. The molecule has 1 fully saturated rings. The number of rotatable bonds is 3. The summed E-state index contributed by atoms with van der Waals surface area (Å²) in [6.07, 6.45) is 6.66. The van der Waals surface area contributed by atoms with Crippen LogP contribution in [0.3, 0.4) is 0 Å². The Labute approximate surface area is 172 Å². The fourth-order valence-electron chi connectivity index (χ4n) is 4.18. The zero-order valence-corrected chi connectivity index (χ0v) is 17.0. The summed E-state index contributed by atoms with van der Waals surface area (Å²) in [7, 11) is 0. The second kappa shape index (κ2) is 7.26. The van der Waals surface area contributed by atoms with Gasteiger partial charge < -0.3 is 5.32 Å². The summed E-state index contributed by atoms with van der Waals surface area (Å²) >= 11 is 1.56. The molecule has 5 rings (SSSR count). The van der Waals surface area contributed by atoms with Gasteiger partial charge in [-0.2, -0.15) is 0 Å². The van der Waals surface area contributed by atoms with Crippen molar-refractivity contribution in [2.45, 2.75) is 38.6 Å². The molecule has 6 heteroatoms. The summed E-state index contributed by atoms with van der Waals surface area (Å²) in [6, 6.07) is 12.4. The maximum atomic E-state index is 13.2. The lowest BCUT2D eigenvalue weighted by molar-refractivity contribution is 0.0910. The van der Waals surface area contributed by atoms with Crippen molar-refractivity contribution in [1.82, 2.24) is 14.7 Å². The van der Waals surface area contributed by atoms with Gasteiger partial charge in [0.05, 0.1) is 15.9 Å². The highest BCUT2D eigenvalue weighted by Crippen LogP contribution is 2.30. The fraction of sp³-hybridized carbons (Fsp3) is 0.304. The molecule has 4 aromatic rings. The molecule has 1 aliphatic carbocycles. The first-order valence-electron chi connectivity index (χ1n) is 10.1. The van der Waals surface area contributed by atoms with E-state index < -0.39 is 0 Å². The normalized spacial score (nSPS) is 19.7. The number of carbonyl (C=O) groups excluding carboxylic acids is 1. The molecule has 2 heterocycles. The SMILES string of the molecule is C[C@@H]1CCCC[C@H]1NC(=O)c1ccc2c(c1)sc1nc(-c3ccc(F)cc3)cn12. The number of benzene rings is 2.